The number of anilines is 1. The van der Waals surface area contributed by atoms with Gasteiger partial charge in [0.25, 0.3) is 5.69 Å². The molecule has 1 fully saturated rings. The van der Waals surface area contributed by atoms with Gasteiger partial charge in [-0.2, -0.15) is 0 Å². The van der Waals surface area contributed by atoms with Gasteiger partial charge in [0.15, 0.2) is 9.84 Å². The van der Waals surface area contributed by atoms with Crippen LogP contribution in [0.4, 0.5) is 11.4 Å². The lowest BCUT2D eigenvalue weighted by molar-refractivity contribution is -0.384. The highest BCUT2D eigenvalue weighted by Crippen LogP contribution is 2.36. The minimum absolute atomic E-state index is 0.0629. The van der Waals surface area contributed by atoms with Crippen molar-refractivity contribution < 1.29 is 18.1 Å². The maximum absolute atomic E-state index is 11.7. The summed E-state index contributed by atoms with van der Waals surface area (Å²) in [5.74, 6) is 0. The van der Waals surface area contributed by atoms with Gasteiger partial charge in [-0.05, 0) is 24.6 Å². The van der Waals surface area contributed by atoms with Crippen molar-refractivity contribution in [3.05, 3.63) is 64.2 Å². The number of nitro benzene ring substituents is 1. The van der Waals surface area contributed by atoms with E-state index < -0.39 is 20.4 Å². The molecule has 0 amide bonds. The Morgan fingerprint density at radius 1 is 1.19 bits per heavy atom. The second-order valence-corrected chi connectivity index (χ2v) is 8.56. The van der Waals surface area contributed by atoms with Crippen LogP contribution < -0.4 is 4.90 Å². The largest absolute Gasteiger partial charge is 0.367 e. The van der Waals surface area contributed by atoms with Crippen LogP contribution in [0.3, 0.4) is 0 Å². The number of sulfone groups is 1. The zero-order valence-corrected chi connectivity index (χ0v) is 15.4. The molecule has 7 nitrogen and oxygen atoms in total. The highest BCUT2D eigenvalue weighted by atomic mass is 32.2. The molecule has 3 rings (SSSR count). The number of morpholine rings is 1. The fourth-order valence-electron chi connectivity index (χ4n) is 3.19. The van der Waals surface area contributed by atoms with Gasteiger partial charge in [0, 0.05) is 18.9 Å². The second-order valence-electron chi connectivity index (χ2n) is 6.55. The smallest absolute Gasteiger partial charge is 0.293 e. The van der Waals surface area contributed by atoms with Crippen molar-refractivity contribution in [3.63, 3.8) is 0 Å². The van der Waals surface area contributed by atoms with Crippen molar-refractivity contribution in [2.75, 3.05) is 30.9 Å². The number of nitrogens with zero attached hydrogens (tertiary/aromatic N) is 2. The Bertz CT molecular complexity index is 930. The average Bonchev–Trinajstić information content (AvgIpc) is 2.61. The summed E-state index contributed by atoms with van der Waals surface area (Å²) in [6.45, 7) is 3.28. The van der Waals surface area contributed by atoms with Gasteiger partial charge in [0.05, 0.1) is 23.0 Å². The van der Waals surface area contributed by atoms with Crippen LogP contribution in [0.15, 0.2) is 53.4 Å². The van der Waals surface area contributed by atoms with E-state index in [9.17, 15) is 18.5 Å². The molecule has 1 unspecified atom stereocenters. The standard InChI is InChI=1S/C18H20N2O5S/c1-18(14-6-4-3-5-7-14)13-19(10-11-25-18)16-9-8-15(26(2,23)24)12-17(16)20(21)22/h3-9,12H,10-11,13H2,1-2H3. The lowest BCUT2D eigenvalue weighted by Gasteiger charge is -2.41. The van der Waals surface area contributed by atoms with E-state index in [2.05, 4.69) is 0 Å². The minimum atomic E-state index is -3.52. The van der Waals surface area contributed by atoms with Gasteiger partial charge in [-0.15, -0.1) is 0 Å². The van der Waals surface area contributed by atoms with Crippen LogP contribution in [-0.4, -0.2) is 39.3 Å². The summed E-state index contributed by atoms with van der Waals surface area (Å²) in [6.07, 6.45) is 1.03. The number of hydrogen-bond acceptors (Lipinski definition) is 6. The molecule has 2 aromatic rings. The third kappa shape index (κ3) is 3.56. The van der Waals surface area contributed by atoms with Crippen molar-refractivity contribution in [1.82, 2.24) is 0 Å². The van der Waals surface area contributed by atoms with Crippen molar-refractivity contribution in [2.45, 2.75) is 17.4 Å². The van der Waals surface area contributed by atoms with Crippen LogP contribution in [0, 0.1) is 10.1 Å². The Kier molecular flexibility index (Phi) is 4.72. The third-order valence-corrected chi connectivity index (χ3v) is 5.68. The van der Waals surface area contributed by atoms with Crippen LogP contribution in [0.5, 0.6) is 0 Å². The molecule has 8 heteroatoms. The monoisotopic (exact) mass is 376 g/mol. The molecule has 0 radical (unpaired) electrons. The zero-order valence-electron chi connectivity index (χ0n) is 14.6. The van der Waals surface area contributed by atoms with Gasteiger partial charge in [-0.1, -0.05) is 30.3 Å². The molecule has 1 aliphatic rings. The SMILES string of the molecule is CC1(c2ccccc2)CN(c2ccc(S(C)(=O)=O)cc2[N+](=O)[O-])CCO1. The van der Waals surface area contributed by atoms with Crippen LogP contribution >= 0.6 is 0 Å². The highest BCUT2D eigenvalue weighted by Gasteiger charge is 2.36. The van der Waals surface area contributed by atoms with Gasteiger partial charge >= 0.3 is 0 Å². The predicted molar refractivity (Wildman–Crippen MR) is 98.2 cm³/mol. The van der Waals surface area contributed by atoms with Crippen LogP contribution in [0.25, 0.3) is 0 Å². The maximum atomic E-state index is 11.7. The van der Waals surface area contributed by atoms with Gasteiger partial charge in [0.1, 0.15) is 11.3 Å². The first-order valence-corrected chi connectivity index (χ1v) is 10.0. The molecule has 0 bridgehead atoms. The first-order chi connectivity index (χ1) is 12.2. The normalized spacial score (nSPS) is 20.8. The number of hydrogen-bond donors (Lipinski definition) is 0. The summed E-state index contributed by atoms with van der Waals surface area (Å²) >= 11 is 0. The Morgan fingerprint density at radius 2 is 1.88 bits per heavy atom. The molecule has 1 atom stereocenters. The van der Waals surface area contributed by atoms with Gasteiger partial charge in [-0.25, -0.2) is 8.42 Å². The predicted octanol–water partition coefficient (Wildman–Crippen LogP) is 2.75. The highest BCUT2D eigenvalue weighted by molar-refractivity contribution is 7.90. The molecule has 1 aliphatic heterocycles. The number of nitro groups is 1. The topological polar surface area (TPSA) is 89.8 Å². The first kappa shape index (κ1) is 18.3. The Hall–Kier alpha value is -2.45. The molecule has 1 heterocycles. The Labute approximate surface area is 152 Å². The molecule has 0 aliphatic carbocycles. The van der Waals surface area contributed by atoms with E-state index in [-0.39, 0.29) is 10.6 Å². The molecule has 0 aromatic heterocycles. The molecule has 2 aromatic carbocycles. The molecule has 1 saturated heterocycles. The van der Waals surface area contributed by atoms with Crippen molar-refractivity contribution in [1.29, 1.82) is 0 Å². The Balaban J connectivity index is 1.99. The average molecular weight is 376 g/mol. The molecular weight excluding hydrogens is 356 g/mol. The first-order valence-electron chi connectivity index (χ1n) is 8.14. The summed E-state index contributed by atoms with van der Waals surface area (Å²) in [4.78, 5) is 12.8. The fraction of sp³-hybridized carbons (Fsp3) is 0.333. The summed E-state index contributed by atoms with van der Waals surface area (Å²) in [7, 11) is -3.52. The summed E-state index contributed by atoms with van der Waals surface area (Å²) in [5.41, 5.74) is 0.557. The summed E-state index contributed by atoms with van der Waals surface area (Å²) < 4.78 is 29.4. The number of rotatable bonds is 4. The lowest BCUT2D eigenvalue weighted by Crippen LogP contribution is -2.48. The molecule has 0 N–H and O–H groups in total. The van der Waals surface area contributed by atoms with Crippen molar-refractivity contribution in [3.8, 4) is 0 Å². The van der Waals surface area contributed by atoms with Crippen LogP contribution in [0.1, 0.15) is 12.5 Å². The van der Waals surface area contributed by atoms with E-state index in [0.29, 0.717) is 25.4 Å². The van der Waals surface area contributed by atoms with E-state index >= 15 is 0 Å². The van der Waals surface area contributed by atoms with Crippen molar-refractivity contribution in [2.24, 2.45) is 0 Å². The third-order valence-electron chi connectivity index (χ3n) is 4.57. The number of ether oxygens (including phenoxy) is 1. The lowest BCUT2D eigenvalue weighted by atomic mass is 9.93. The van der Waals surface area contributed by atoms with E-state index in [4.69, 9.17) is 4.74 Å². The quantitative estimate of drug-likeness (QED) is 0.602. The fourth-order valence-corrected chi connectivity index (χ4v) is 3.83. The van der Waals surface area contributed by atoms with Crippen molar-refractivity contribution >= 4 is 21.2 Å². The van der Waals surface area contributed by atoms with E-state index in [1.807, 2.05) is 42.2 Å². The van der Waals surface area contributed by atoms with Gasteiger partial charge in [0.2, 0.25) is 0 Å². The molecule has 0 spiro atoms. The maximum Gasteiger partial charge on any atom is 0.293 e. The number of benzene rings is 2. The van der Waals surface area contributed by atoms with E-state index in [0.717, 1.165) is 17.9 Å². The molecule has 26 heavy (non-hydrogen) atoms. The summed E-state index contributed by atoms with van der Waals surface area (Å²) in [6, 6.07) is 13.7. The van der Waals surface area contributed by atoms with Gasteiger partial charge < -0.3 is 9.64 Å². The Morgan fingerprint density at radius 3 is 2.50 bits per heavy atom. The zero-order chi connectivity index (χ0) is 18.9. The molecule has 138 valence electrons. The second kappa shape index (κ2) is 6.69. The van der Waals surface area contributed by atoms with Crippen LogP contribution in [0.2, 0.25) is 0 Å². The van der Waals surface area contributed by atoms with Crippen LogP contribution in [-0.2, 0) is 20.2 Å². The molecule has 0 saturated carbocycles. The van der Waals surface area contributed by atoms with E-state index in [1.54, 1.807) is 0 Å². The van der Waals surface area contributed by atoms with Gasteiger partial charge in [-0.3, -0.25) is 10.1 Å². The molecular formula is C18H20N2O5S. The minimum Gasteiger partial charge on any atom is -0.367 e. The van der Waals surface area contributed by atoms with E-state index in [1.165, 1.54) is 12.1 Å². The summed E-state index contributed by atoms with van der Waals surface area (Å²) in [5, 5.41) is 11.5.